The molecule has 2 aromatic carbocycles. The fourth-order valence-corrected chi connectivity index (χ4v) is 3.84. The number of aromatic nitrogens is 1. The highest BCUT2D eigenvalue weighted by Gasteiger charge is 2.51. The second kappa shape index (κ2) is 9.48. The Morgan fingerprint density at radius 1 is 0.939 bits per heavy atom. The van der Waals surface area contributed by atoms with Gasteiger partial charge in [0, 0.05) is 17.5 Å². The number of carbonyl (C=O) groups is 2. The standard InChI is InChI=1S/C26H27NO6/c1-4-26(5-2)24(28)32-23(33-25(26)29)19-11-13-20(14-12-19)30-16-15-21-17(3)31-22(27-21)18-9-7-6-8-10-18/h6-14,23H,4-5,15-16H2,1-3H3. The monoisotopic (exact) mass is 449 g/mol. The summed E-state index contributed by atoms with van der Waals surface area (Å²) in [5, 5.41) is 0. The molecule has 0 unspecified atom stereocenters. The van der Waals surface area contributed by atoms with Crippen molar-refractivity contribution in [3.63, 3.8) is 0 Å². The van der Waals surface area contributed by atoms with Crippen molar-refractivity contribution in [2.75, 3.05) is 6.61 Å². The van der Waals surface area contributed by atoms with Crippen LogP contribution in [-0.4, -0.2) is 23.5 Å². The number of aryl methyl sites for hydroxylation is 1. The first-order valence-electron chi connectivity index (χ1n) is 11.1. The molecule has 4 rings (SSSR count). The Morgan fingerprint density at radius 3 is 2.18 bits per heavy atom. The summed E-state index contributed by atoms with van der Waals surface area (Å²) >= 11 is 0. The van der Waals surface area contributed by atoms with Crippen LogP contribution in [0, 0.1) is 12.3 Å². The molecule has 0 bridgehead atoms. The molecule has 7 nitrogen and oxygen atoms in total. The molecule has 1 aliphatic rings. The maximum Gasteiger partial charge on any atom is 0.326 e. The summed E-state index contributed by atoms with van der Waals surface area (Å²) in [5.74, 6) is 0.940. The minimum absolute atomic E-state index is 0.346. The second-order valence-corrected chi connectivity index (χ2v) is 7.99. The van der Waals surface area contributed by atoms with Crippen molar-refractivity contribution in [1.82, 2.24) is 4.98 Å². The Bertz CT molecular complexity index is 1100. The van der Waals surface area contributed by atoms with Crippen LogP contribution >= 0.6 is 0 Å². The van der Waals surface area contributed by atoms with E-state index < -0.39 is 23.6 Å². The van der Waals surface area contributed by atoms with Gasteiger partial charge in [-0.2, -0.15) is 0 Å². The van der Waals surface area contributed by atoms with E-state index in [4.69, 9.17) is 18.6 Å². The molecule has 0 N–H and O–H groups in total. The minimum atomic E-state index is -1.21. The largest absolute Gasteiger partial charge is 0.493 e. The van der Waals surface area contributed by atoms with E-state index >= 15 is 0 Å². The number of oxazole rings is 1. The minimum Gasteiger partial charge on any atom is -0.493 e. The fraction of sp³-hybridized carbons (Fsp3) is 0.346. The Hall–Kier alpha value is -3.61. The van der Waals surface area contributed by atoms with Crippen molar-refractivity contribution in [2.45, 2.75) is 46.3 Å². The quantitative estimate of drug-likeness (QED) is 0.346. The van der Waals surface area contributed by atoms with E-state index in [0.29, 0.717) is 43.1 Å². The van der Waals surface area contributed by atoms with Crippen LogP contribution in [0.3, 0.4) is 0 Å². The molecule has 0 amide bonds. The normalized spacial score (nSPS) is 15.7. The number of ether oxygens (including phenoxy) is 3. The van der Waals surface area contributed by atoms with Gasteiger partial charge in [-0.05, 0) is 56.2 Å². The molecule has 0 atom stereocenters. The van der Waals surface area contributed by atoms with E-state index in [1.165, 1.54) is 0 Å². The van der Waals surface area contributed by atoms with Crippen molar-refractivity contribution in [3.8, 4) is 17.2 Å². The number of hydrogen-bond donors (Lipinski definition) is 0. The fourth-order valence-electron chi connectivity index (χ4n) is 3.84. The molecule has 0 spiro atoms. The van der Waals surface area contributed by atoms with E-state index in [-0.39, 0.29) is 0 Å². The number of benzene rings is 2. The topological polar surface area (TPSA) is 87.9 Å². The third-order valence-electron chi connectivity index (χ3n) is 6.09. The lowest BCUT2D eigenvalue weighted by molar-refractivity contribution is -0.226. The van der Waals surface area contributed by atoms with Crippen LogP contribution in [0.1, 0.15) is 50.0 Å². The van der Waals surface area contributed by atoms with Gasteiger partial charge >= 0.3 is 11.9 Å². The van der Waals surface area contributed by atoms with Crippen molar-refractivity contribution in [2.24, 2.45) is 5.41 Å². The predicted molar refractivity (Wildman–Crippen MR) is 120 cm³/mol. The van der Waals surface area contributed by atoms with Gasteiger partial charge in [-0.25, -0.2) is 4.98 Å². The molecule has 0 saturated carbocycles. The van der Waals surface area contributed by atoms with Crippen LogP contribution in [0.5, 0.6) is 5.75 Å². The third-order valence-corrected chi connectivity index (χ3v) is 6.09. The zero-order valence-electron chi connectivity index (χ0n) is 19.0. The number of rotatable bonds is 8. The molecule has 1 saturated heterocycles. The first-order valence-corrected chi connectivity index (χ1v) is 11.1. The molecular formula is C26H27NO6. The van der Waals surface area contributed by atoms with Gasteiger partial charge in [0.05, 0.1) is 12.3 Å². The number of nitrogens with zero attached hydrogens (tertiary/aromatic N) is 1. The lowest BCUT2D eigenvalue weighted by Gasteiger charge is -2.35. The summed E-state index contributed by atoms with van der Waals surface area (Å²) < 4.78 is 22.5. The number of hydrogen-bond acceptors (Lipinski definition) is 7. The van der Waals surface area contributed by atoms with E-state index in [1.54, 1.807) is 38.1 Å². The van der Waals surface area contributed by atoms with E-state index in [1.807, 2.05) is 37.3 Å². The van der Waals surface area contributed by atoms with Crippen LogP contribution in [0.15, 0.2) is 59.0 Å². The highest BCUT2D eigenvalue weighted by atomic mass is 16.7. The first-order chi connectivity index (χ1) is 16.0. The number of esters is 2. The molecule has 2 heterocycles. The number of carbonyl (C=O) groups excluding carboxylic acids is 2. The first kappa shape index (κ1) is 22.6. The number of cyclic esters (lactones) is 2. The SMILES string of the molecule is CCC1(CC)C(=O)OC(c2ccc(OCCc3nc(-c4ccccc4)oc3C)cc2)OC1=O. The molecule has 33 heavy (non-hydrogen) atoms. The molecular weight excluding hydrogens is 422 g/mol. The van der Waals surface area contributed by atoms with Gasteiger partial charge in [0.1, 0.15) is 11.5 Å². The summed E-state index contributed by atoms with van der Waals surface area (Å²) in [6.07, 6.45) is 0.244. The predicted octanol–water partition coefficient (Wildman–Crippen LogP) is 5.18. The zero-order valence-corrected chi connectivity index (χ0v) is 19.0. The summed E-state index contributed by atoms with van der Waals surface area (Å²) in [4.78, 5) is 29.5. The molecule has 3 aromatic rings. The van der Waals surface area contributed by atoms with Gasteiger partial charge in [0.2, 0.25) is 5.89 Å². The van der Waals surface area contributed by atoms with E-state index in [2.05, 4.69) is 4.98 Å². The Kier molecular flexibility index (Phi) is 6.49. The van der Waals surface area contributed by atoms with Gasteiger partial charge in [0.25, 0.3) is 6.29 Å². The van der Waals surface area contributed by atoms with Crippen molar-refractivity contribution in [3.05, 3.63) is 71.6 Å². The summed E-state index contributed by atoms with van der Waals surface area (Å²) in [5.41, 5.74) is 1.15. The molecule has 172 valence electrons. The van der Waals surface area contributed by atoms with Crippen molar-refractivity contribution in [1.29, 1.82) is 0 Å². The smallest absolute Gasteiger partial charge is 0.326 e. The average molecular weight is 450 g/mol. The molecule has 7 heteroatoms. The van der Waals surface area contributed by atoms with Gasteiger partial charge < -0.3 is 18.6 Å². The van der Waals surface area contributed by atoms with Crippen LogP contribution in [0.25, 0.3) is 11.5 Å². The van der Waals surface area contributed by atoms with Crippen LogP contribution in [0.2, 0.25) is 0 Å². The van der Waals surface area contributed by atoms with Gasteiger partial charge in [-0.15, -0.1) is 0 Å². The van der Waals surface area contributed by atoms with Crippen LogP contribution < -0.4 is 4.74 Å². The Morgan fingerprint density at radius 2 is 1.58 bits per heavy atom. The highest BCUT2D eigenvalue weighted by molar-refractivity contribution is 6.01. The summed E-state index contributed by atoms with van der Waals surface area (Å²) in [7, 11) is 0. The van der Waals surface area contributed by atoms with Crippen LogP contribution in [-0.2, 0) is 25.5 Å². The summed E-state index contributed by atoms with van der Waals surface area (Å²) in [6.45, 7) is 5.87. The molecule has 0 aliphatic carbocycles. The third kappa shape index (κ3) is 4.49. The van der Waals surface area contributed by atoms with E-state index in [0.717, 1.165) is 17.0 Å². The zero-order chi connectivity index (χ0) is 23.4. The maximum atomic E-state index is 12.5. The Labute approximate surface area is 192 Å². The maximum absolute atomic E-state index is 12.5. The van der Waals surface area contributed by atoms with Crippen molar-refractivity contribution >= 4 is 11.9 Å². The lowest BCUT2D eigenvalue weighted by atomic mass is 9.82. The lowest BCUT2D eigenvalue weighted by Crippen LogP contribution is -2.46. The van der Waals surface area contributed by atoms with Gasteiger partial charge in [0.15, 0.2) is 5.41 Å². The van der Waals surface area contributed by atoms with Gasteiger partial charge in [-0.3, -0.25) is 9.59 Å². The second-order valence-electron chi connectivity index (χ2n) is 7.99. The van der Waals surface area contributed by atoms with Crippen molar-refractivity contribution < 1.29 is 28.2 Å². The molecule has 1 fully saturated rings. The molecule has 1 aliphatic heterocycles. The summed E-state index contributed by atoms with van der Waals surface area (Å²) in [6, 6.07) is 16.7. The highest BCUT2D eigenvalue weighted by Crippen LogP contribution is 2.39. The Balaban J connectivity index is 1.34. The molecule has 1 aromatic heterocycles. The molecule has 0 radical (unpaired) electrons. The van der Waals surface area contributed by atoms with Gasteiger partial charge in [-0.1, -0.05) is 32.0 Å². The van der Waals surface area contributed by atoms with Crippen LogP contribution in [0.4, 0.5) is 0 Å². The average Bonchev–Trinajstić information content (AvgIpc) is 3.21. The van der Waals surface area contributed by atoms with E-state index in [9.17, 15) is 9.59 Å².